The molecule has 2 atom stereocenters. The molecule has 1 aromatic heterocycles. The van der Waals surface area contributed by atoms with Crippen molar-refractivity contribution in [2.45, 2.75) is 89.4 Å². The molecule has 5 heteroatoms. The van der Waals surface area contributed by atoms with Crippen molar-refractivity contribution in [2.75, 3.05) is 6.54 Å². The van der Waals surface area contributed by atoms with Crippen LogP contribution in [0.4, 0.5) is 0 Å². The molecule has 0 unspecified atom stereocenters. The van der Waals surface area contributed by atoms with Gasteiger partial charge >= 0.3 is 0 Å². The fraction of sp³-hybridized carbons (Fsp3) is 0.789. The number of nitrogens with one attached hydrogen (secondary N) is 1. The third-order valence-corrected chi connectivity index (χ3v) is 5.57. The van der Waals surface area contributed by atoms with Crippen molar-refractivity contribution < 1.29 is 4.79 Å². The van der Waals surface area contributed by atoms with Crippen LogP contribution < -0.4 is 5.32 Å². The highest BCUT2D eigenvalue weighted by Gasteiger charge is 2.39. The van der Waals surface area contributed by atoms with Crippen LogP contribution in [0.3, 0.4) is 0 Å². The van der Waals surface area contributed by atoms with E-state index in [1.54, 1.807) is 0 Å². The molecule has 132 valence electrons. The van der Waals surface area contributed by atoms with Crippen molar-refractivity contribution in [1.29, 1.82) is 0 Å². The Labute approximate surface area is 144 Å². The van der Waals surface area contributed by atoms with Crippen LogP contribution >= 0.6 is 0 Å². The van der Waals surface area contributed by atoms with Crippen molar-refractivity contribution >= 4 is 5.91 Å². The summed E-state index contributed by atoms with van der Waals surface area (Å²) in [6.07, 6.45) is 6.15. The largest absolute Gasteiger partial charge is 0.347 e. The van der Waals surface area contributed by atoms with Gasteiger partial charge in [-0.15, -0.1) is 0 Å². The van der Waals surface area contributed by atoms with Gasteiger partial charge in [0.15, 0.2) is 0 Å². The summed E-state index contributed by atoms with van der Waals surface area (Å²) in [7, 11) is 0. The Hall–Kier alpha value is -1.36. The fourth-order valence-electron chi connectivity index (χ4n) is 4.05. The van der Waals surface area contributed by atoms with Crippen LogP contribution in [0.1, 0.15) is 81.9 Å². The van der Waals surface area contributed by atoms with Crippen molar-refractivity contribution in [3.05, 3.63) is 17.5 Å². The number of likely N-dealkylation sites (tertiary alicyclic amines) is 1. The summed E-state index contributed by atoms with van der Waals surface area (Å²) in [6.45, 7) is 9.73. The zero-order chi connectivity index (χ0) is 17.1. The van der Waals surface area contributed by atoms with Gasteiger partial charge in [0.2, 0.25) is 0 Å². The van der Waals surface area contributed by atoms with Gasteiger partial charge in [0.05, 0.1) is 5.54 Å². The van der Waals surface area contributed by atoms with Gasteiger partial charge in [-0.25, -0.2) is 0 Å². The van der Waals surface area contributed by atoms with Crippen molar-refractivity contribution in [3.63, 3.8) is 0 Å². The van der Waals surface area contributed by atoms with E-state index < -0.39 is 0 Å². The molecule has 1 aliphatic heterocycles. The van der Waals surface area contributed by atoms with Gasteiger partial charge < -0.3 is 5.32 Å². The smallest absolute Gasteiger partial charge is 0.272 e. The van der Waals surface area contributed by atoms with Gasteiger partial charge in [-0.2, -0.15) is 5.10 Å². The Kier molecular flexibility index (Phi) is 3.75. The van der Waals surface area contributed by atoms with Gasteiger partial charge in [0, 0.05) is 36.3 Å². The summed E-state index contributed by atoms with van der Waals surface area (Å²) in [5.41, 5.74) is 1.73. The van der Waals surface area contributed by atoms with Gasteiger partial charge in [-0.1, -0.05) is 0 Å². The van der Waals surface area contributed by atoms with Crippen molar-refractivity contribution in [1.82, 2.24) is 20.0 Å². The van der Waals surface area contributed by atoms with Gasteiger partial charge in [-0.05, 0) is 65.9 Å². The first kappa shape index (κ1) is 16.1. The molecule has 0 radical (unpaired) electrons. The van der Waals surface area contributed by atoms with E-state index in [9.17, 15) is 4.79 Å². The highest BCUT2D eigenvalue weighted by molar-refractivity contribution is 5.92. The molecule has 24 heavy (non-hydrogen) atoms. The van der Waals surface area contributed by atoms with Gasteiger partial charge in [0.1, 0.15) is 5.69 Å². The number of nitrogens with zero attached hydrogens (tertiary/aromatic N) is 3. The topological polar surface area (TPSA) is 50.2 Å². The lowest BCUT2D eigenvalue weighted by Gasteiger charge is -2.22. The predicted molar refractivity (Wildman–Crippen MR) is 94.3 cm³/mol. The quantitative estimate of drug-likeness (QED) is 0.923. The average Bonchev–Trinajstić information content (AvgIpc) is 3.42. The molecule has 1 saturated heterocycles. The van der Waals surface area contributed by atoms with Crippen LogP contribution in [0.2, 0.25) is 0 Å². The van der Waals surface area contributed by atoms with Crippen LogP contribution in [0, 0.1) is 0 Å². The van der Waals surface area contributed by atoms with E-state index in [1.165, 1.54) is 31.4 Å². The van der Waals surface area contributed by atoms with Gasteiger partial charge in [-0.3, -0.25) is 14.4 Å². The Morgan fingerprint density at radius 2 is 1.96 bits per heavy atom. The molecule has 5 nitrogen and oxygen atoms in total. The first-order chi connectivity index (χ1) is 11.3. The summed E-state index contributed by atoms with van der Waals surface area (Å²) in [5.74, 6) is 0.588. The van der Waals surface area contributed by atoms with Crippen LogP contribution in [0.25, 0.3) is 0 Å². The van der Waals surface area contributed by atoms with E-state index in [0.29, 0.717) is 17.7 Å². The molecule has 2 aliphatic carbocycles. The molecule has 2 heterocycles. The monoisotopic (exact) mass is 330 g/mol. The molecular weight excluding hydrogens is 300 g/mol. The highest BCUT2D eigenvalue weighted by Crippen LogP contribution is 2.41. The molecule has 3 aliphatic rings. The maximum absolute atomic E-state index is 12.7. The molecule has 0 spiro atoms. The van der Waals surface area contributed by atoms with Gasteiger partial charge in [0.25, 0.3) is 5.91 Å². The first-order valence-electron chi connectivity index (χ1n) is 9.50. The molecule has 1 aromatic rings. The maximum Gasteiger partial charge on any atom is 0.272 e. The van der Waals surface area contributed by atoms with Crippen LogP contribution in [0.5, 0.6) is 0 Å². The second-order valence-electron chi connectivity index (χ2n) is 8.99. The number of carbonyl (C=O) groups is 1. The summed E-state index contributed by atoms with van der Waals surface area (Å²) < 4.78 is 2.06. The molecule has 0 aromatic carbocycles. The minimum Gasteiger partial charge on any atom is -0.347 e. The summed E-state index contributed by atoms with van der Waals surface area (Å²) in [6, 6.07) is 3.63. The van der Waals surface area contributed by atoms with Crippen LogP contribution in [-0.4, -0.2) is 45.3 Å². The minimum absolute atomic E-state index is 0.00486. The number of hydrogen-bond acceptors (Lipinski definition) is 3. The number of aromatic nitrogens is 2. The predicted octanol–water partition coefficient (Wildman–Crippen LogP) is 2.87. The fourth-order valence-corrected chi connectivity index (χ4v) is 4.05. The third kappa shape index (κ3) is 3.10. The molecule has 1 N–H and O–H groups in total. The Balaban J connectivity index is 1.46. The lowest BCUT2D eigenvalue weighted by Crippen LogP contribution is -2.38. The SMILES string of the molecule is C[C@@H]1C[C@H](NC(=O)c2cc(C3CC3)n(C(C)(C)C)n2)CN1C1CC1. The van der Waals surface area contributed by atoms with E-state index >= 15 is 0 Å². The Bertz CT molecular complexity index is 636. The zero-order valence-corrected chi connectivity index (χ0v) is 15.4. The number of hydrogen-bond donors (Lipinski definition) is 1. The van der Waals surface area contributed by atoms with Crippen molar-refractivity contribution in [3.8, 4) is 0 Å². The summed E-state index contributed by atoms with van der Waals surface area (Å²) >= 11 is 0. The summed E-state index contributed by atoms with van der Waals surface area (Å²) in [5, 5.41) is 7.89. The summed E-state index contributed by atoms with van der Waals surface area (Å²) in [4.78, 5) is 15.3. The lowest BCUT2D eigenvalue weighted by molar-refractivity contribution is 0.0931. The molecule has 0 bridgehead atoms. The standard InChI is InChI=1S/C19H30N4O/c1-12-9-14(11-22(12)15-7-8-15)20-18(24)16-10-17(13-5-6-13)23(21-16)19(2,3)4/h10,12-15H,5-9,11H2,1-4H3,(H,20,24)/t12-,14+/m1/s1. The van der Waals surface area contributed by atoms with Crippen molar-refractivity contribution in [2.24, 2.45) is 0 Å². The Morgan fingerprint density at radius 3 is 2.54 bits per heavy atom. The van der Waals surface area contributed by atoms with Crippen LogP contribution in [0.15, 0.2) is 6.07 Å². The minimum atomic E-state index is -0.0822. The molecule has 3 fully saturated rings. The average molecular weight is 330 g/mol. The maximum atomic E-state index is 12.7. The molecule has 4 rings (SSSR count). The molecule has 2 saturated carbocycles. The van der Waals surface area contributed by atoms with E-state index in [2.05, 4.69) is 47.7 Å². The van der Waals surface area contributed by atoms with E-state index in [4.69, 9.17) is 0 Å². The first-order valence-corrected chi connectivity index (χ1v) is 9.50. The number of rotatable bonds is 4. The second kappa shape index (κ2) is 5.58. The lowest BCUT2D eigenvalue weighted by atomic mass is 10.1. The number of amides is 1. The number of carbonyl (C=O) groups excluding carboxylic acids is 1. The second-order valence-corrected chi connectivity index (χ2v) is 8.99. The third-order valence-electron chi connectivity index (χ3n) is 5.57. The van der Waals surface area contributed by atoms with E-state index in [0.717, 1.165) is 19.0 Å². The van der Waals surface area contributed by atoms with E-state index in [1.807, 2.05) is 6.07 Å². The molecule has 1 amide bonds. The zero-order valence-electron chi connectivity index (χ0n) is 15.4. The Morgan fingerprint density at radius 1 is 1.25 bits per heavy atom. The van der Waals surface area contributed by atoms with E-state index in [-0.39, 0.29) is 17.5 Å². The molecular formula is C19H30N4O. The highest BCUT2D eigenvalue weighted by atomic mass is 16.2. The normalized spacial score (nSPS) is 28.3. The van der Waals surface area contributed by atoms with Crippen LogP contribution in [-0.2, 0) is 5.54 Å².